The number of hydrogen-bond donors (Lipinski definition) is 1. The van der Waals surface area contributed by atoms with E-state index in [4.69, 9.17) is 0 Å². The zero-order chi connectivity index (χ0) is 10.1. The molecule has 14 heavy (non-hydrogen) atoms. The number of thiazole rings is 1. The van der Waals surface area contributed by atoms with Gasteiger partial charge in [0.25, 0.3) is 0 Å². The van der Waals surface area contributed by atoms with Crippen LogP contribution < -0.4 is 0 Å². The summed E-state index contributed by atoms with van der Waals surface area (Å²) in [6, 6.07) is 3.70. The van der Waals surface area contributed by atoms with Crippen molar-refractivity contribution in [1.82, 2.24) is 4.98 Å². The molecule has 0 N–H and O–H groups in total. The molecule has 2 rings (SSSR count). The van der Waals surface area contributed by atoms with Crippen molar-refractivity contribution in [3.8, 4) is 10.6 Å². The van der Waals surface area contributed by atoms with Crippen molar-refractivity contribution in [2.24, 2.45) is 0 Å². The van der Waals surface area contributed by atoms with Crippen LogP contribution in [0, 0.1) is 11.6 Å². The van der Waals surface area contributed by atoms with Crippen LogP contribution in [-0.2, 0) is 0 Å². The van der Waals surface area contributed by atoms with E-state index in [1.54, 1.807) is 5.38 Å². The summed E-state index contributed by atoms with van der Waals surface area (Å²) in [5.41, 5.74) is 0.564. The van der Waals surface area contributed by atoms with Gasteiger partial charge in [-0.15, -0.1) is 24.0 Å². The second-order valence-electron chi connectivity index (χ2n) is 2.64. The van der Waals surface area contributed by atoms with Crippen LogP contribution in [0.2, 0.25) is 0 Å². The minimum atomic E-state index is -0.863. The molecule has 1 aromatic heterocycles. The average molecular weight is 229 g/mol. The number of nitrogens with zero attached hydrogens (tertiary/aromatic N) is 1. The molecule has 2 aromatic rings. The van der Waals surface area contributed by atoms with E-state index in [1.165, 1.54) is 17.4 Å². The first-order valence-corrected chi connectivity index (χ1v) is 5.09. The molecular formula is C9H5F2NS2. The summed E-state index contributed by atoms with van der Waals surface area (Å²) >= 11 is 5.37. The fraction of sp³-hybridized carbons (Fsp3) is 0. The first-order valence-electron chi connectivity index (χ1n) is 3.77. The highest BCUT2D eigenvalue weighted by Gasteiger charge is 2.06. The monoisotopic (exact) mass is 229 g/mol. The van der Waals surface area contributed by atoms with Gasteiger partial charge in [0.15, 0.2) is 11.6 Å². The molecule has 1 heterocycles. The summed E-state index contributed by atoms with van der Waals surface area (Å²) in [5.74, 6) is -1.71. The highest BCUT2D eigenvalue weighted by atomic mass is 32.1. The van der Waals surface area contributed by atoms with Crippen LogP contribution in [0.4, 0.5) is 8.78 Å². The van der Waals surface area contributed by atoms with Gasteiger partial charge in [0.05, 0.1) is 0 Å². The zero-order valence-electron chi connectivity index (χ0n) is 6.87. The Morgan fingerprint density at radius 3 is 2.57 bits per heavy atom. The van der Waals surface area contributed by atoms with Gasteiger partial charge in [-0.05, 0) is 18.2 Å². The summed E-state index contributed by atoms with van der Waals surface area (Å²) in [5, 5.41) is 2.95. The molecule has 0 aliphatic heterocycles. The maximum atomic E-state index is 12.9. The zero-order valence-corrected chi connectivity index (χ0v) is 8.58. The molecule has 0 spiro atoms. The first kappa shape index (κ1) is 9.61. The number of thiol groups is 1. The van der Waals surface area contributed by atoms with Crippen LogP contribution >= 0.6 is 24.0 Å². The van der Waals surface area contributed by atoms with Crippen molar-refractivity contribution in [1.29, 1.82) is 0 Å². The van der Waals surface area contributed by atoms with Crippen molar-refractivity contribution >= 4 is 24.0 Å². The summed E-state index contributed by atoms with van der Waals surface area (Å²) in [6.07, 6.45) is 0. The predicted molar refractivity (Wildman–Crippen MR) is 54.7 cm³/mol. The van der Waals surface area contributed by atoms with Crippen LogP contribution in [0.3, 0.4) is 0 Å². The van der Waals surface area contributed by atoms with Crippen LogP contribution in [0.1, 0.15) is 0 Å². The number of halogens is 2. The molecule has 0 aliphatic carbocycles. The molecule has 1 aromatic carbocycles. The first-order chi connectivity index (χ1) is 6.66. The lowest BCUT2D eigenvalue weighted by molar-refractivity contribution is 0.509. The summed E-state index contributed by atoms with van der Waals surface area (Å²) < 4.78 is 25.5. The van der Waals surface area contributed by atoms with Gasteiger partial charge in [-0.25, -0.2) is 13.8 Å². The van der Waals surface area contributed by atoms with Crippen molar-refractivity contribution in [3.05, 3.63) is 35.2 Å². The number of aromatic nitrogens is 1. The summed E-state index contributed by atoms with van der Waals surface area (Å²) in [4.78, 5) is 4.05. The second-order valence-corrected chi connectivity index (χ2v) is 3.96. The van der Waals surface area contributed by atoms with Gasteiger partial charge in [0.1, 0.15) is 10.0 Å². The number of rotatable bonds is 1. The lowest BCUT2D eigenvalue weighted by Crippen LogP contribution is -1.84. The molecule has 0 unspecified atom stereocenters. The molecule has 0 radical (unpaired) electrons. The van der Waals surface area contributed by atoms with Crippen LogP contribution in [-0.4, -0.2) is 4.98 Å². The second kappa shape index (κ2) is 3.67. The van der Waals surface area contributed by atoms with Gasteiger partial charge in [-0.2, -0.15) is 0 Å². The van der Waals surface area contributed by atoms with Gasteiger partial charge in [-0.3, -0.25) is 0 Å². The highest BCUT2D eigenvalue weighted by Crippen LogP contribution is 2.26. The van der Waals surface area contributed by atoms with Crippen molar-refractivity contribution < 1.29 is 8.78 Å². The maximum absolute atomic E-state index is 12.9. The smallest absolute Gasteiger partial charge is 0.159 e. The molecule has 0 saturated heterocycles. The van der Waals surface area contributed by atoms with E-state index in [0.29, 0.717) is 15.6 Å². The average Bonchev–Trinajstić information content (AvgIpc) is 2.57. The molecule has 5 heteroatoms. The van der Waals surface area contributed by atoms with E-state index in [-0.39, 0.29) is 0 Å². The molecule has 0 aliphatic rings. The van der Waals surface area contributed by atoms with Gasteiger partial charge in [0.2, 0.25) is 0 Å². The minimum Gasteiger partial charge on any atom is -0.230 e. The number of benzene rings is 1. The van der Waals surface area contributed by atoms with E-state index >= 15 is 0 Å². The Hall–Kier alpha value is -0.940. The molecule has 0 atom stereocenters. The van der Waals surface area contributed by atoms with Crippen LogP contribution in [0.5, 0.6) is 0 Å². The molecule has 0 saturated carbocycles. The Morgan fingerprint density at radius 1 is 1.21 bits per heavy atom. The lowest BCUT2D eigenvalue weighted by Gasteiger charge is -1.96. The van der Waals surface area contributed by atoms with E-state index in [0.717, 1.165) is 12.1 Å². The summed E-state index contributed by atoms with van der Waals surface area (Å²) in [7, 11) is 0. The van der Waals surface area contributed by atoms with Crippen LogP contribution in [0.25, 0.3) is 10.6 Å². The largest absolute Gasteiger partial charge is 0.230 e. The standard InChI is InChI=1S/C9H5F2NS2/c10-6-2-1-5(3-7(6)11)9-12-8(13)4-14-9/h1-4,13H. The highest BCUT2D eigenvalue weighted by molar-refractivity contribution is 7.80. The SMILES string of the molecule is Fc1ccc(-c2nc(S)cs2)cc1F. The molecule has 1 nitrogen and oxygen atoms in total. The van der Waals surface area contributed by atoms with E-state index in [2.05, 4.69) is 17.6 Å². The van der Waals surface area contributed by atoms with Crippen molar-refractivity contribution in [2.45, 2.75) is 5.03 Å². The van der Waals surface area contributed by atoms with E-state index < -0.39 is 11.6 Å². The predicted octanol–water partition coefficient (Wildman–Crippen LogP) is 3.38. The Bertz CT molecular complexity index is 468. The van der Waals surface area contributed by atoms with Crippen LogP contribution in [0.15, 0.2) is 28.6 Å². The Kier molecular flexibility index (Phi) is 2.52. The quantitative estimate of drug-likeness (QED) is 0.740. The minimum absolute atomic E-state index is 0.564. The van der Waals surface area contributed by atoms with Crippen molar-refractivity contribution in [3.63, 3.8) is 0 Å². The molecular weight excluding hydrogens is 224 g/mol. The van der Waals surface area contributed by atoms with Crippen molar-refractivity contribution in [2.75, 3.05) is 0 Å². The normalized spacial score (nSPS) is 10.5. The van der Waals surface area contributed by atoms with E-state index in [1.807, 2.05) is 0 Å². The van der Waals surface area contributed by atoms with Gasteiger partial charge >= 0.3 is 0 Å². The van der Waals surface area contributed by atoms with Gasteiger partial charge in [0, 0.05) is 10.9 Å². The third kappa shape index (κ3) is 1.78. The fourth-order valence-corrected chi connectivity index (χ4v) is 2.04. The third-order valence-corrected chi connectivity index (χ3v) is 2.95. The third-order valence-electron chi connectivity index (χ3n) is 1.66. The van der Waals surface area contributed by atoms with E-state index in [9.17, 15) is 8.78 Å². The van der Waals surface area contributed by atoms with Gasteiger partial charge in [-0.1, -0.05) is 0 Å². The molecule has 0 fully saturated rings. The molecule has 0 amide bonds. The molecule has 72 valence electrons. The Morgan fingerprint density at radius 2 is 2.00 bits per heavy atom. The Labute approximate surface area is 88.8 Å². The lowest BCUT2D eigenvalue weighted by atomic mass is 10.2. The fourth-order valence-electron chi connectivity index (χ4n) is 1.03. The summed E-state index contributed by atoms with van der Waals surface area (Å²) in [6.45, 7) is 0. The van der Waals surface area contributed by atoms with Gasteiger partial charge < -0.3 is 0 Å². The molecule has 0 bridgehead atoms. The topological polar surface area (TPSA) is 12.9 Å². The number of hydrogen-bond acceptors (Lipinski definition) is 3. The maximum Gasteiger partial charge on any atom is 0.159 e. The Balaban J connectivity index is 2.47.